The fourth-order valence-electron chi connectivity index (χ4n) is 3.11. The normalized spacial score (nSPS) is 13.2. The molecule has 29 heavy (non-hydrogen) atoms. The van der Waals surface area contributed by atoms with Crippen LogP contribution in [0.4, 0.5) is 0 Å². The van der Waals surface area contributed by atoms with E-state index in [-0.39, 0.29) is 16.3 Å². The second-order valence-corrected chi connectivity index (χ2v) is 10.6. The average molecular weight is 431 g/mol. The number of sulfonamides is 1. The number of nitrogens with one attached hydrogen (secondary N) is 1. The summed E-state index contributed by atoms with van der Waals surface area (Å²) in [4.78, 5) is 4.25. The Morgan fingerprint density at radius 1 is 0.931 bits per heavy atom. The van der Waals surface area contributed by atoms with Crippen LogP contribution in [0.2, 0.25) is 0 Å². The molecule has 2 aromatic carbocycles. The number of benzene rings is 2. The monoisotopic (exact) mass is 430 g/mol. The largest absolute Gasteiger partial charge is 0.264 e. The van der Waals surface area contributed by atoms with Crippen LogP contribution in [0, 0.1) is 13.8 Å². The Balaban J connectivity index is 1.96. The molecule has 3 rings (SSSR count). The summed E-state index contributed by atoms with van der Waals surface area (Å²) < 4.78 is 54.6. The molecule has 6 nitrogen and oxygen atoms in total. The van der Waals surface area contributed by atoms with Crippen LogP contribution in [0.15, 0.2) is 82.8 Å². The van der Waals surface area contributed by atoms with Crippen molar-refractivity contribution < 1.29 is 16.8 Å². The van der Waals surface area contributed by atoms with Gasteiger partial charge in [-0.2, -0.15) is 0 Å². The van der Waals surface area contributed by atoms with Crippen molar-refractivity contribution in [2.24, 2.45) is 0 Å². The zero-order chi connectivity index (χ0) is 21.1. The van der Waals surface area contributed by atoms with Crippen molar-refractivity contribution in [2.45, 2.75) is 28.9 Å². The maximum Gasteiger partial charge on any atom is 0.240 e. The molecule has 0 bridgehead atoms. The third-order valence-electron chi connectivity index (χ3n) is 4.58. The number of hydrogen-bond donors (Lipinski definition) is 1. The maximum absolute atomic E-state index is 13.2. The van der Waals surface area contributed by atoms with E-state index < -0.39 is 25.1 Å². The minimum absolute atomic E-state index is 0.125. The Labute approximate surface area is 171 Å². The minimum Gasteiger partial charge on any atom is -0.264 e. The van der Waals surface area contributed by atoms with Gasteiger partial charge in [-0.15, -0.1) is 0 Å². The van der Waals surface area contributed by atoms with E-state index in [1.165, 1.54) is 30.6 Å². The molecule has 0 aliphatic heterocycles. The lowest BCUT2D eigenvalue weighted by Gasteiger charge is -2.19. The van der Waals surface area contributed by atoms with Crippen molar-refractivity contribution in [3.8, 4) is 0 Å². The van der Waals surface area contributed by atoms with Crippen LogP contribution in [0.1, 0.15) is 21.9 Å². The van der Waals surface area contributed by atoms with Crippen molar-refractivity contribution in [1.29, 1.82) is 0 Å². The van der Waals surface area contributed by atoms with Gasteiger partial charge in [-0.05, 0) is 49.2 Å². The standard InChI is InChI=1S/C21H22N2O4S2/c1-16-10-11-20(17(2)13-16)29(26,27)23-15-21(18-7-6-12-22-14-18)28(24,25)19-8-4-3-5-9-19/h3-14,21,23H,15H2,1-2H3/t21-/m0/s1. The van der Waals surface area contributed by atoms with Crippen LogP contribution in [0.3, 0.4) is 0 Å². The second kappa shape index (κ2) is 8.44. The smallest absolute Gasteiger partial charge is 0.240 e. The number of sulfone groups is 1. The Bertz CT molecular complexity index is 1190. The summed E-state index contributed by atoms with van der Waals surface area (Å²) in [6, 6.07) is 16.2. The predicted molar refractivity (Wildman–Crippen MR) is 112 cm³/mol. The predicted octanol–water partition coefficient (Wildman–Crippen LogP) is 3.19. The molecule has 3 aromatic rings. The molecule has 152 valence electrons. The molecule has 0 saturated carbocycles. The lowest BCUT2D eigenvalue weighted by Crippen LogP contribution is -2.32. The maximum atomic E-state index is 13.2. The lowest BCUT2D eigenvalue weighted by atomic mass is 10.2. The molecule has 1 atom stereocenters. The van der Waals surface area contributed by atoms with Gasteiger partial charge in [-0.1, -0.05) is 42.0 Å². The third-order valence-corrected chi connectivity index (χ3v) is 8.28. The molecule has 0 aliphatic rings. The molecule has 1 aromatic heterocycles. The number of nitrogens with zero attached hydrogens (tertiary/aromatic N) is 1. The molecule has 0 fully saturated rings. The van der Waals surface area contributed by atoms with E-state index in [1.54, 1.807) is 49.4 Å². The highest BCUT2D eigenvalue weighted by Crippen LogP contribution is 2.28. The quantitative estimate of drug-likeness (QED) is 0.621. The van der Waals surface area contributed by atoms with Crippen LogP contribution in [0.5, 0.6) is 0 Å². The van der Waals surface area contributed by atoms with E-state index >= 15 is 0 Å². The second-order valence-electron chi connectivity index (χ2n) is 6.75. The highest BCUT2D eigenvalue weighted by Gasteiger charge is 2.31. The van der Waals surface area contributed by atoms with Crippen LogP contribution < -0.4 is 4.72 Å². The van der Waals surface area contributed by atoms with Crippen LogP contribution in [0.25, 0.3) is 0 Å². The van der Waals surface area contributed by atoms with Gasteiger partial charge in [0, 0.05) is 18.9 Å². The Morgan fingerprint density at radius 2 is 1.66 bits per heavy atom. The van der Waals surface area contributed by atoms with Gasteiger partial charge in [-0.3, -0.25) is 4.98 Å². The summed E-state index contributed by atoms with van der Waals surface area (Å²) in [6.45, 7) is 3.28. The van der Waals surface area contributed by atoms with E-state index in [0.717, 1.165) is 5.56 Å². The first-order chi connectivity index (χ1) is 13.7. The molecule has 0 amide bonds. The fourth-order valence-corrected chi connectivity index (χ4v) is 6.15. The van der Waals surface area contributed by atoms with Gasteiger partial charge in [0.15, 0.2) is 9.84 Å². The first-order valence-electron chi connectivity index (χ1n) is 8.97. The van der Waals surface area contributed by atoms with Crippen LogP contribution >= 0.6 is 0 Å². The lowest BCUT2D eigenvalue weighted by molar-refractivity contribution is 0.568. The summed E-state index contributed by atoms with van der Waals surface area (Å²) in [7, 11) is -7.73. The topological polar surface area (TPSA) is 93.2 Å². The van der Waals surface area contributed by atoms with Crippen molar-refractivity contribution in [1.82, 2.24) is 9.71 Å². The third kappa shape index (κ3) is 4.72. The van der Waals surface area contributed by atoms with Crippen molar-refractivity contribution >= 4 is 19.9 Å². The number of pyridine rings is 1. The average Bonchev–Trinajstić information content (AvgIpc) is 2.69. The molecule has 0 unspecified atom stereocenters. The zero-order valence-corrected chi connectivity index (χ0v) is 17.7. The van der Waals surface area contributed by atoms with Crippen LogP contribution in [-0.4, -0.2) is 28.4 Å². The van der Waals surface area contributed by atoms with E-state index in [1.807, 2.05) is 6.92 Å². The van der Waals surface area contributed by atoms with E-state index in [4.69, 9.17) is 0 Å². The van der Waals surface area contributed by atoms with Crippen molar-refractivity contribution in [3.05, 3.63) is 89.7 Å². The highest BCUT2D eigenvalue weighted by molar-refractivity contribution is 7.92. The zero-order valence-electron chi connectivity index (χ0n) is 16.1. The molecular formula is C21H22N2O4S2. The van der Waals surface area contributed by atoms with Crippen molar-refractivity contribution in [3.63, 3.8) is 0 Å². The first kappa shape index (κ1) is 21.2. The minimum atomic E-state index is -3.89. The number of aryl methyl sites for hydroxylation is 2. The summed E-state index contributed by atoms with van der Waals surface area (Å²) in [5.41, 5.74) is 1.96. The SMILES string of the molecule is Cc1ccc(S(=O)(=O)NC[C@@H](c2cccnc2)S(=O)(=O)c2ccccc2)c(C)c1. The first-order valence-corrected chi connectivity index (χ1v) is 12.0. The molecule has 1 heterocycles. The van der Waals surface area contributed by atoms with Crippen molar-refractivity contribution in [2.75, 3.05) is 6.54 Å². The molecule has 0 aliphatic carbocycles. The van der Waals surface area contributed by atoms with Crippen LogP contribution in [-0.2, 0) is 19.9 Å². The van der Waals surface area contributed by atoms with Gasteiger partial charge in [0.25, 0.3) is 0 Å². The summed E-state index contributed by atoms with van der Waals surface area (Å²) >= 11 is 0. The van der Waals surface area contributed by atoms with Gasteiger partial charge in [0.1, 0.15) is 5.25 Å². The number of aromatic nitrogens is 1. The van der Waals surface area contributed by atoms with Gasteiger partial charge < -0.3 is 0 Å². The Kier molecular flexibility index (Phi) is 6.16. The van der Waals surface area contributed by atoms with Gasteiger partial charge in [-0.25, -0.2) is 21.6 Å². The Hall–Kier alpha value is -2.55. The van der Waals surface area contributed by atoms with Gasteiger partial charge in [0.2, 0.25) is 10.0 Å². The van der Waals surface area contributed by atoms with E-state index in [0.29, 0.717) is 11.1 Å². The van der Waals surface area contributed by atoms with E-state index in [9.17, 15) is 16.8 Å². The fraction of sp³-hybridized carbons (Fsp3) is 0.190. The molecule has 8 heteroatoms. The van der Waals surface area contributed by atoms with Gasteiger partial charge >= 0.3 is 0 Å². The molecular weight excluding hydrogens is 408 g/mol. The number of rotatable bonds is 7. The molecule has 0 saturated heterocycles. The summed E-state index contributed by atoms with van der Waals surface area (Å²) in [5.74, 6) is 0. The molecule has 0 spiro atoms. The number of hydrogen-bond acceptors (Lipinski definition) is 5. The van der Waals surface area contributed by atoms with Gasteiger partial charge in [0.05, 0.1) is 9.79 Å². The summed E-state index contributed by atoms with van der Waals surface area (Å²) in [5, 5.41) is -1.11. The molecule has 0 radical (unpaired) electrons. The van der Waals surface area contributed by atoms with E-state index in [2.05, 4.69) is 9.71 Å². The summed E-state index contributed by atoms with van der Waals surface area (Å²) in [6.07, 6.45) is 2.98. The molecule has 1 N–H and O–H groups in total. The Morgan fingerprint density at radius 3 is 2.28 bits per heavy atom. The highest BCUT2D eigenvalue weighted by atomic mass is 32.2.